The fraction of sp³-hybridized carbons (Fsp3) is 0.200. The molecule has 1 aromatic carbocycles. The molecular formula is C10H10BN2O2. The van der Waals surface area contributed by atoms with E-state index in [0.717, 1.165) is 23.7 Å². The van der Waals surface area contributed by atoms with Crippen molar-refractivity contribution in [1.29, 1.82) is 0 Å². The van der Waals surface area contributed by atoms with Gasteiger partial charge in [-0.1, -0.05) is 24.3 Å². The van der Waals surface area contributed by atoms with Crippen molar-refractivity contribution in [2.45, 2.75) is 6.32 Å². The van der Waals surface area contributed by atoms with E-state index in [2.05, 4.69) is 19.9 Å². The third kappa shape index (κ3) is 3.01. The number of aromatic nitrogens is 2. The number of rotatable bonds is 0. The highest BCUT2D eigenvalue weighted by Gasteiger charge is 2.00. The highest BCUT2D eigenvalue weighted by Crippen LogP contribution is 2.08. The summed E-state index contributed by atoms with van der Waals surface area (Å²) in [4.78, 5) is 8.71. The Morgan fingerprint density at radius 1 is 1.07 bits per heavy atom. The standard InChI is InChI=1S/C8H6N2.C2H4BO2/c1-2-4-8-6-10-9-5-7(8)3-1;1-2-4-5-3-1/h1-6H;1-2H2. The maximum atomic E-state index is 4.39. The molecule has 0 N–H and O–H groups in total. The van der Waals surface area contributed by atoms with E-state index in [0.29, 0.717) is 0 Å². The van der Waals surface area contributed by atoms with Gasteiger partial charge in [0.05, 0.1) is 19.0 Å². The van der Waals surface area contributed by atoms with Crippen LogP contribution in [0.4, 0.5) is 0 Å². The Labute approximate surface area is 88.4 Å². The number of nitrogens with zero attached hydrogens (tertiary/aromatic N) is 2. The lowest BCUT2D eigenvalue weighted by atomic mass is 9.99. The second kappa shape index (κ2) is 5.43. The summed E-state index contributed by atoms with van der Waals surface area (Å²) in [5.74, 6) is 0. The van der Waals surface area contributed by atoms with Crippen LogP contribution in [-0.2, 0) is 9.69 Å². The Hall–Kier alpha value is -1.46. The average Bonchev–Trinajstić information content (AvgIpc) is 2.88. The average molecular weight is 201 g/mol. The van der Waals surface area contributed by atoms with E-state index >= 15 is 0 Å². The first-order valence-electron chi connectivity index (χ1n) is 4.72. The first-order valence-corrected chi connectivity index (χ1v) is 4.72. The van der Waals surface area contributed by atoms with Gasteiger partial charge in [-0.25, -0.2) is 0 Å². The highest BCUT2D eigenvalue weighted by atomic mass is 17.2. The van der Waals surface area contributed by atoms with Crippen molar-refractivity contribution in [3.8, 4) is 0 Å². The van der Waals surface area contributed by atoms with E-state index < -0.39 is 0 Å². The van der Waals surface area contributed by atoms with Crippen LogP contribution >= 0.6 is 0 Å². The van der Waals surface area contributed by atoms with Gasteiger partial charge in [0.15, 0.2) is 0 Å². The highest BCUT2D eigenvalue weighted by molar-refractivity contribution is 6.27. The first kappa shape index (κ1) is 10.1. The second-order valence-corrected chi connectivity index (χ2v) is 2.99. The van der Waals surface area contributed by atoms with Crippen LogP contribution in [0.15, 0.2) is 36.7 Å². The van der Waals surface area contributed by atoms with Crippen molar-refractivity contribution < 1.29 is 9.69 Å². The first-order chi connectivity index (χ1) is 7.47. The molecule has 0 atom stereocenters. The van der Waals surface area contributed by atoms with Gasteiger partial charge in [-0.2, -0.15) is 10.2 Å². The van der Waals surface area contributed by atoms with Crippen LogP contribution in [0.25, 0.3) is 10.8 Å². The summed E-state index contributed by atoms with van der Waals surface area (Å²) in [7, 11) is 1.64. The fourth-order valence-corrected chi connectivity index (χ4v) is 1.18. The summed E-state index contributed by atoms with van der Waals surface area (Å²) in [5.41, 5.74) is 0. The zero-order valence-corrected chi connectivity index (χ0v) is 8.17. The van der Waals surface area contributed by atoms with Gasteiger partial charge in [-0.15, -0.1) is 0 Å². The third-order valence-corrected chi connectivity index (χ3v) is 1.91. The molecule has 0 bridgehead atoms. The van der Waals surface area contributed by atoms with Gasteiger partial charge in [0.2, 0.25) is 0 Å². The lowest BCUT2D eigenvalue weighted by Crippen LogP contribution is -1.78. The Kier molecular flexibility index (Phi) is 3.65. The molecule has 1 aliphatic heterocycles. The monoisotopic (exact) mass is 201 g/mol. The molecule has 1 saturated heterocycles. The van der Waals surface area contributed by atoms with Crippen LogP contribution in [0.3, 0.4) is 0 Å². The van der Waals surface area contributed by atoms with Crippen LogP contribution < -0.4 is 0 Å². The minimum Gasteiger partial charge on any atom is -0.311 e. The van der Waals surface area contributed by atoms with Gasteiger partial charge < -0.3 is 4.81 Å². The lowest BCUT2D eigenvalue weighted by Gasteiger charge is -1.90. The molecule has 1 radical (unpaired) electrons. The predicted molar refractivity (Wildman–Crippen MR) is 57.1 cm³/mol. The molecule has 0 saturated carbocycles. The molecule has 1 aliphatic rings. The maximum absolute atomic E-state index is 4.39. The van der Waals surface area contributed by atoms with E-state index in [4.69, 9.17) is 0 Å². The fourth-order valence-electron chi connectivity index (χ4n) is 1.18. The normalized spacial score (nSPS) is 14.1. The molecule has 0 amide bonds. The molecule has 75 valence electrons. The van der Waals surface area contributed by atoms with Gasteiger partial charge in [0.25, 0.3) is 0 Å². The minimum absolute atomic E-state index is 0.722. The summed E-state index contributed by atoms with van der Waals surface area (Å²) in [6.45, 7) is 0.722. The number of benzene rings is 1. The molecule has 0 unspecified atom stereocenters. The summed E-state index contributed by atoms with van der Waals surface area (Å²) in [6.07, 6.45) is 4.45. The maximum Gasteiger partial charge on any atom is 0.346 e. The van der Waals surface area contributed by atoms with Crippen LogP contribution in [0.2, 0.25) is 6.32 Å². The van der Waals surface area contributed by atoms with Crippen LogP contribution in [0.5, 0.6) is 0 Å². The van der Waals surface area contributed by atoms with Crippen molar-refractivity contribution in [2.24, 2.45) is 0 Å². The molecular weight excluding hydrogens is 191 g/mol. The van der Waals surface area contributed by atoms with Gasteiger partial charge in [-0.3, -0.25) is 4.89 Å². The topological polar surface area (TPSA) is 44.2 Å². The van der Waals surface area contributed by atoms with Crippen molar-refractivity contribution in [3.05, 3.63) is 36.7 Å². The summed E-state index contributed by atoms with van der Waals surface area (Å²) in [5, 5.41) is 9.80. The van der Waals surface area contributed by atoms with Gasteiger partial charge in [-0.05, 0) is 6.32 Å². The Morgan fingerprint density at radius 3 is 2.13 bits per heavy atom. The van der Waals surface area contributed by atoms with Crippen molar-refractivity contribution in [2.75, 3.05) is 6.61 Å². The molecule has 1 fully saturated rings. The number of fused-ring (bicyclic) bond motifs is 1. The molecule has 2 aromatic rings. The van der Waals surface area contributed by atoms with E-state index in [1.165, 1.54) is 0 Å². The molecule has 3 rings (SSSR count). The van der Waals surface area contributed by atoms with Crippen LogP contribution in [0.1, 0.15) is 0 Å². The summed E-state index contributed by atoms with van der Waals surface area (Å²) < 4.78 is 0. The molecule has 15 heavy (non-hydrogen) atoms. The van der Waals surface area contributed by atoms with Crippen LogP contribution in [0, 0.1) is 0 Å². The van der Waals surface area contributed by atoms with E-state index in [-0.39, 0.29) is 0 Å². The zero-order valence-electron chi connectivity index (χ0n) is 8.17. The molecule has 5 heteroatoms. The molecule has 4 nitrogen and oxygen atoms in total. The molecule has 2 heterocycles. The van der Waals surface area contributed by atoms with Gasteiger partial charge >= 0.3 is 7.48 Å². The van der Waals surface area contributed by atoms with E-state index in [1.807, 2.05) is 24.3 Å². The Morgan fingerprint density at radius 2 is 1.73 bits per heavy atom. The predicted octanol–water partition coefficient (Wildman–Crippen LogP) is 1.62. The number of hydrogen-bond acceptors (Lipinski definition) is 4. The Balaban J connectivity index is 0.000000144. The molecule has 1 aromatic heterocycles. The molecule has 0 aliphatic carbocycles. The van der Waals surface area contributed by atoms with Crippen molar-refractivity contribution in [3.63, 3.8) is 0 Å². The van der Waals surface area contributed by atoms with Crippen molar-refractivity contribution in [1.82, 2.24) is 10.2 Å². The second-order valence-electron chi connectivity index (χ2n) is 2.99. The summed E-state index contributed by atoms with van der Waals surface area (Å²) in [6, 6.07) is 8.02. The zero-order chi connectivity index (χ0) is 10.3. The SMILES string of the molecule is [B]1CCOO1.c1ccc2cnncc2c1. The largest absolute Gasteiger partial charge is 0.346 e. The summed E-state index contributed by atoms with van der Waals surface area (Å²) >= 11 is 0. The van der Waals surface area contributed by atoms with E-state index in [1.54, 1.807) is 19.9 Å². The van der Waals surface area contributed by atoms with E-state index in [9.17, 15) is 0 Å². The number of hydrogen-bond donors (Lipinski definition) is 0. The van der Waals surface area contributed by atoms with Crippen molar-refractivity contribution >= 4 is 18.3 Å². The quantitative estimate of drug-likeness (QED) is 0.479. The van der Waals surface area contributed by atoms with Gasteiger partial charge in [0, 0.05) is 10.8 Å². The minimum atomic E-state index is 0.722. The molecule has 0 spiro atoms. The van der Waals surface area contributed by atoms with Crippen LogP contribution in [-0.4, -0.2) is 24.3 Å². The third-order valence-electron chi connectivity index (χ3n) is 1.91. The smallest absolute Gasteiger partial charge is 0.311 e. The Bertz CT molecular complexity index is 348. The van der Waals surface area contributed by atoms with Gasteiger partial charge in [0.1, 0.15) is 0 Å². The lowest BCUT2D eigenvalue weighted by molar-refractivity contribution is -0.181.